The average molecular weight is 863 g/mol. The number of hydrogen-bond acceptors (Lipinski definition) is 9. The number of rotatable bonds is 20. The minimum absolute atomic E-state index is 0.00349. The Morgan fingerprint density at radius 3 is 1.30 bits per heavy atom. The minimum Gasteiger partial charge on any atom is -0.467 e. The topological polar surface area (TPSA) is 210 Å². The second-order valence-electron chi connectivity index (χ2n) is 20.9. The van der Waals surface area contributed by atoms with E-state index in [-0.39, 0.29) is 48.3 Å². The van der Waals surface area contributed by atoms with E-state index in [2.05, 4.69) is 31.9 Å². The number of ether oxygens (including phenoxy) is 2. The van der Waals surface area contributed by atoms with Crippen LogP contribution in [0.25, 0.3) is 0 Å². The van der Waals surface area contributed by atoms with E-state index >= 15 is 0 Å². The molecule has 0 saturated heterocycles. The lowest BCUT2D eigenvalue weighted by molar-refractivity contribution is -0.153. The van der Waals surface area contributed by atoms with Crippen molar-refractivity contribution in [1.82, 2.24) is 31.9 Å². The van der Waals surface area contributed by atoms with Gasteiger partial charge in [0.2, 0.25) is 29.5 Å². The molecular weight excluding hydrogens is 781 g/mol. The number of carbonyl (C=O) groups excluding carboxylic acids is 7. The standard InChI is InChI=1S/C46H82N6O9/c1-27(2)21-33(37(53)47-36(24-30(7)8)40(56)52-46(42(58)60-14)20-16-18-32(10)26-46)49-41(57)45(19-15-17-31(9)25-45)51-39(55)35(23-29(5)6)48-38(54)34(22-28(3)4)50-43(59)61-44(11,12)13/h27-36H,15-26H2,1-14H3,(H,47,53)(H,48,54)(H,49,57)(H,50,59)(H,51,55)(H,52,56)/t31-,32-,33+,34+,35+,36+,45+,46+/m1/s1. The largest absolute Gasteiger partial charge is 0.467 e. The van der Waals surface area contributed by atoms with Gasteiger partial charge < -0.3 is 41.4 Å². The van der Waals surface area contributed by atoms with Gasteiger partial charge in [-0.25, -0.2) is 9.59 Å². The number of carbonyl (C=O) groups is 7. The third-order valence-electron chi connectivity index (χ3n) is 11.5. The molecule has 15 heteroatoms. The lowest BCUT2D eigenvalue weighted by atomic mass is 9.75. The fraction of sp³-hybridized carbons (Fsp3) is 0.848. The van der Waals surface area contributed by atoms with Crippen LogP contribution in [0.5, 0.6) is 0 Å². The fourth-order valence-electron chi connectivity index (χ4n) is 8.77. The molecule has 0 aromatic heterocycles. The van der Waals surface area contributed by atoms with Gasteiger partial charge in [0, 0.05) is 0 Å². The Morgan fingerprint density at radius 2 is 0.918 bits per heavy atom. The highest BCUT2D eigenvalue weighted by Gasteiger charge is 2.47. The zero-order chi connectivity index (χ0) is 46.5. The highest BCUT2D eigenvalue weighted by atomic mass is 16.6. The molecule has 2 aliphatic carbocycles. The van der Waals surface area contributed by atoms with Crippen molar-refractivity contribution in [2.75, 3.05) is 7.11 Å². The van der Waals surface area contributed by atoms with Crippen LogP contribution in [0.1, 0.15) is 167 Å². The second-order valence-corrected chi connectivity index (χ2v) is 20.9. The van der Waals surface area contributed by atoms with Crippen molar-refractivity contribution in [3.8, 4) is 0 Å². The maximum atomic E-state index is 14.7. The molecule has 6 N–H and O–H groups in total. The summed E-state index contributed by atoms with van der Waals surface area (Å²) in [5.74, 6) is -2.91. The van der Waals surface area contributed by atoms with Gasteiger partial charge in [0.05, 0.1) is 7.11 Å². The predicted octanol–water partition coefficient (Wildman–Crippen LogP) is 5.82. The summed E-state index contributed by atoms with van der Waals surface area (Å²) in [5.41, 5.74) is -3.37. The smallest absolute Gasteiger partial charge is 0.408 e. The van der Waals surface area contributed by atoms with Crippen LogP contribution in [-0.2, 0) is 38.2 Å². The molecular formula is C46H82N6O9. The molecule has 2 fully saturated rings. The zero-order valence-corrected chi connectivity index (χ0v) is 39.9. The minimum atomic E-state index is -1.39. The van der Waals surface area contributed by atoms with Crippen molar-refractivity contribution in [2.24, 2.45) is 35.5 Å². The van der Waals surface area contributed by atoms with Gasteiger partial charge in [-0.3, -0.25) is 24.0 Å². The van der Waals surface area contributed by atoms with E-state index in [4.69, 9.17) is 9.47 Å². The molecule has 0 unspecified atom stereocenters. The molecule has 0 bridgehead atoms. The van der Waals surface area contributed by atoms with Crippen LogP contribution < -0.4 is 31.9 Å². The van der Waals surface area contributed by atoms with Crippen LogP contribution in [0.15, 0.2) is 0 Å². The third-order valence-corrected chi connectivity index (χ3v) is 11.5. The number of methoxy groups -OCH3 is 1. The van der Waals surface area contributed by atoms with E-state index in [0.717, 1.165) is 19.3 Å². The maximum Gasteiger partial charge on any atom is 0.408 e. The Hall–Kier alpha value is -3.91. The van der Waals surface area contributed by atoms with E-state index in [1.807, 2.05) is 69.2 Å². The quantitative estimate of drug-likeness (QED) is 0.0814. The van der Waals surface area contributed by atoms with Gasteiger partial charge in [-0.2, -0.15) is 0 Å². The van der Waals surface area contributed by atoms with Crippen molar-refractivity contribution in [1.29, 1.82) is 0 Å². The van der Waals surface area contributed by atoms with Gasteiger partial charge >= 0.3 is 12.1 Å². The zero-order valence-electron chi connectivity index (χ0n) is 39.9. The summed E-state index contributed by atoms with van der Waals surface area (Å²) in [4.78, 5) is 97.0. The van der Waals surface area contributed by atoms with E-state index < -0.39 is 82.4 Å². The Balaban J connectivity index is 2.42. The molecule has 0 aromatic carbocycles. The molecule has 61 heavy (non-hydrogen) atoms. The van der Waals surface area contributed by atoms with Crippen molar-refractivity contribution in [3.05, 3.63) is 0 Å². The van der Waals surface area contributed by atoms with Gasteiger partial charge in [0.1, 0.15) is 40.8 Å². The lowest BCUT2D eigenvalue weighted by Crippen LogP contribution is -2.66. The number of esters is 1. The van der Waals surface area contributed by atoms with E-state index in [1.165, 1.54) is 7.11 Å². The molecule has 2 rings (SSSR count). The Labute approximate surface area is 366 Å². The predicted molar refractivity (Wildman–Crippen MR) is 236 cm³/mol. The first-order valence-electron chi connectivity index (χ1n) is 22.8. The molecule has 15 nitrogen and oxygen atoms in total. The van der Waals surface area contributed by atoms with E-state index in [9.17, 15) is 33.6 Å². The molecule has 2 aliphatic rings. The van der Waals surface area contributed by atoms with Crippen LogP contribution in [0.3, 0.4) is 0 Å². The summed E-state index contributed by atoms with van der Waals surface area (Å²) in [5, 5.41) is 17.5. The second kappa shape index (κ2) is 23.5. The van der Waals surface area contributed by atoms with Crippen molar-refractivity contribution < 1.29 is 43.0 Å². The first kappa shape index (κ1) is 53.2. The molecule has 2 saturated carbocycles. The van der Waals surface area contributed by atoms with Crippen LogP contribution in [-0.4, -0.2) is 89.6 Å². The SMILES string of the molecule is COC(=O)[C@]1(NC(=O)[C@H](CC(C)C)NC(=O)[C@H](CC(C)C)NC(=O)[C@]2(NC(=O)[C@H](CC(C)C)NC(=O)[C@H](CC(C)C)NC(=O)OC(C)(C)C)CCC[C@@H](C)C2)CCC[C@@H](C)C1. The summed E-state index contributed by atoms with van der Waals surface area (Å²) in [6.45, 7) is 24.7. The van der Waals surface area contributed by atoms with Crippen molar-refractivity contribution in [2.45, 2.75) is 208 Å². The van der Waals surface area contributed by atoms with Gasteiger partial charge in [0.15, 0.2) is 0 Å². The normalized spacial score (nSPS) is 23.9. The van der Waals surface area contributed by atoms with Crippen LogP contribution in [0.2, 0.25) is 0 Å². The third kappa shape index (κ3) is 17.4. The van der Waals surface area contributed by atoms with Gasteiger partial charge in [0.25, 0.3) is 0 Å². The molecule has 6 amide bonds. The average Bonchev–Trinajstić information content (AvgIpc) is 3.11. The first-order chi connectivity index (χ1) is 28.2. The number of nitrogens with one attached hydrogen (secondary N) is 6. The summed E-state index contributed by atoms with van der Waals surface area (Å²) in [7, 11) is 1.31. The number of amides is 6. The lowest BCUT2D eigenvalue weighted by Gasteiger charge is -2.41. The van der Waals surface area contributed by atoms with Crippen LogP contribution >= 0.6 is 0 Å². The summed E-state index contributed by atoms with van der Waals surface area (Å²) < 4.78 is 10.6. The molecule has 350 valence electrons. The highest BCUT2D eigenvalue weighted by molar-refractivity contribution is 5.98. The van der Waals surface area contributed by atoms with E-state index in [1.54, 1.807) is 20.8 Å². The van der Waals surface area contributed by atoms with Crippen molar-refractivity contribution >= 4 is 41.6 Å². The maximum absolute atomic E-state index is 14.7. The molecule has 8 atom stereocenters. The Kier molecular flexibility index (Phi) is 20.5. The molecule has 0 heterocycles. The molecule has 0 radical (unpaired) electrons. The van der Waals surface area contributed by atoms with Gasteiger partial charge in [-0.05, 0) is 108 Å². The summed E-state index contributed by atoms with van der Waals surface area (Å²) >= 11 is 0. The van der Waals surface area contributed by atoms with Crippen LogP contribution in [0, 0.1) is 35.5 Å². The Bertz CT molecular complexity index is 1510. The summed E-state index contributed by atoms with van der Waals surface area (Å²) in [6.07, 6.45) is 5.00. The molecule has 0 aliphatic heterocycles. The van der Waals surface area contributed by atoms with Crippen molar-refractivity contribution in [3.63, 3.8) is 0 Å². The summed E-state index contributed by atoms with van der Waals surface area (Å²) in [6, 6.07) is -4.05. The molecule has 0 spiro atoms. The van der Waals surface area contributed by atoms with Gasteiger partial charge in [-0.1, -0.05) is 94.9 Å². The van der Waals surface area contributed by atoms with Gasteiger partial charge in [-0.15, -0.1) is 0 Å². The number of alkyl carbamates (subject to hydrolysis) is 1. The Morgan fingerprint density at radius 1 is 0.557 bits per heavy atom. The van der Waals surface area contributed by atoms with E-state index in [0.29, 0.717) is 44.9 Å². The molecule has 0 aromatic rings. The van der Waals surface area contributed by atoms with Crippen LogP contribution in [0.4, 0.5) is 4.79 Å². The first-order valence-corrected chi connectivity index (χ1v) is 22.8. The number of hydrogen-bond donors (Lipinski definition) is 6. The monoisotopic (exact) mass is 863 g/mol. The highest BCUT2D eigenvalue weighted by Crippen LogP contribution is 2.35. The fourth-order valence-corrected chi connectivity index (χ4v) is 8.77.